The fourth-order valence-corrected chi connectivity index (χ4v) is 2.33. The van der Waals surface area contributed by atoms with Gasteiger partial charge in [0.15, 0.2) is 0 Å². The average molecular weight is 271 g/mol. The van der Waals surface area contributed by atoms with Gasteiger partial charge in [-0.15, -0.1) is 0 Å². The Hall–Kier alpha value is -0.770. The molecular weight excluding hydrogens is 248 g/mol. The predicted molar refractivity (Wildman–Crippen MR) is 78.6 cm³/mol. The Bertz CT molecular complexity index is 358. The lowest BCUT2D eigenvalue weighted by Crippen LogP contribution is -2.28. The van der Waals surface area contributed by atoms with E-state index >= 15 is 0 Å². The monoisotopic (exact) mass is 270 g/mol. The molecule has 0 aliphatic heterocycles. The summed E-state index contributed by atoms with van der Waals surface area (Å²) < 4.78 is 5.42. The molecule has 4 heteroatoms. The molecule has 0 amide bonds. The van der Waals surface area contributed by atoms with Crippen molar-refractivity contribution in [3.05, 3.63) is 28.8 Å². The Kier molecular flexibility index (Phi) is 7.09. The highest BCUT2D eigenvalue weighted by atomic mass is 35.5. The topological polar surface area (TPSA) is 38.5 Å². The quantitative estimate of drug-likeness (QED) is 0.738. The minimum absolute atomic E-state index is 0.635. The molecule has 3 nitrogen and oxygen atoms in total. The van der Waals surface area contributed by atoms with E-state index < -0.39 is 0 Å². The summed E-state index contributed by atoms with van der Waals surface area (Å²) in [6, 6.07) is 6.00. The van der Waals surface area contributed by atoms with Gasteiger partial charge in [0.25, 0.3) is 0 Å². The molecule has 0 radical (unpaired) electrons. The van der Waals surface area contributed by atoms with E-state index in [2.05, 4.69) is 17.9 Å². The molecule has 0 saturated heterocycles. The van der Waals surface area contributed by atoms with Crippen molar-refractivity contribution in [2.45, 2.75) is 20.3 Å². The molecule has 102 valence electrons. The van der Waals surface area contributed by atoms with E-state index in [1.165, 1.54) is 5.56 Å². The number of benzene rings is 1. The maximum atomic E-state index is 6.33. The van der Waals surface area contributed by atoms with Crippen LogP contribution < -0.4 is 10.6 Å². The summed E-state index contributed by atoms with van der Waals surface area (Å²) in [7, 11) is 0. The van der Waals surface area contributed by atoms with Crippen molar-refractivity contribution in [3.63, 3.8) is 0 Å². The van der Waals surface area contributed by atoms with Gasteiger partial charge >= 0.3 is 0 Å². The van der Waals surface area contributed by atoms with Gasteiger partial charge in [-0.05, 0) is 38.4 Å². The second kappa shape index (κ2) is 8.35. The third-order valence-electron chi connectivity index (χ3n) is 2.89. The zero-order valence-electron chi connectivity index (χ0n) is 11.3. The molecule has 0 aliphatic carbocycles. The van der Waals surface area contributed by atoms with Gasteiger partial charge in [-0.1, -0.05) is 23.7 Å². The Labute approximate surface area is 115 Å². The van der Waals surface area contributed by atoms with Gasteiger partial charge in [0.1, 0.15) is 0 Å². The first-order chi connectivity index (χ1) is 8.74. The molecule has 0 unspecified atom stereocenters. The number of hydrogen-bond acceptors (Lipinski definition) is 3. The SMILES string of the molecule is CCOCCN(CC)c1c(Cl)cccc1CCN. The van der Waals surface area contributed by atoms with E-state index in [1.54, 1.807) is 0 Å². The van der Waals surface area contributed by atoms with Crippen molar-refractivity contribution in [2.24, 2.45) is 5.73 Å². The summed E-state index contributed by atoms with van der Waals surface area (Å²) in [6.07, 6.45) is 0.848. The molecular formula is C14H23ClN2O. The van der Waals surface area contributed by atoms with Crippen LogP contribution in [0.3, 0.4) is 0 Å². The number of nitrogens with two attached hydrogens (primary N) is 1. The van der Waals surface area contributed by atoms with Crippen LogP contribution in [0.2, 0.25) is 5.02 Å². The highest BCUT2D eigenvalue weighted by Crippen LogP contribution is 2.30. The Morgan fingerprint density at radius 2 is 2.11 bits per heavy atom. The second-order valence-corrected chi connectivity index (χ2v) is 4.47. The molecule has 0 bridgehead atoms. The van der Waals surface area contributed by atoms with Crippen molar-refractivity contribution in [3.8, 4) is 0 Å². The normalized spacial score (nSPS) is 10.7. The number of likely N-dealkylation sites (N-methyl/N-ethyl adjacent to an activating group) is 1. The van der Waals surface area contributed by atoms with Crippen LogP contribution in [0.25, 0.3) is 0 Å². The van der Waals surface area contributed by atoms with Crippen LogP contribution in [0.5, 0.6) is 0 Å². The maximum Gasteiger partial charge on any atom is 0.0642 e. The molecule has 0 spiro atoms. The van der Waals surface area contributed by atoms with Crippen molar-refractivity contribution >= 4 is 17.3 Å². The summed E-state index contributed by atoms with van der Waals surface area (Å²) in [5.74, 6) is 0. The second-order valence-electron chi connectivity index (χ2n) is 4.06. The molecule has 0 atom stereocenters. The third-order valence-corrected chi connectivity index (χ3v) is 3.20. The van der Waals surface area contributed by atoms with Crippen LogP contribution in [0.1, 0.15) is 19.4 Å². The molecule has 0 saturated carbocycles. The van der Waals surface area contributed by atoms with Crippen molar-refractivity contribution in [1.29, 1.82) is 0 Å². The lowest BCUT2D eigenvalue weighted by Gasteiger charge is -2.26. The number of nitrogens with zero attached hydrogens (tertiary/aromatic N) is 1. The smallest absolute Gasteiger partial charge is 0.0642 e. The Morgan fingerprint density at radius 3 is 2.72 bits per heavy atom. The summed E-state index contributed by atoms with van der Waals surface area (Å²) in [4.78, 5) is 2.25. The van der Waals surface area contributed by atoms with Gasteiger partial charge < -0.3 is 15.4 Å². The van der Waals surface area contributed by atoms with Crippen molar-refractivity contribution < 1.29 is 4.74 Å². The molecule has 0 aliphatic rings. The first-order valence-electron chi connectivity index (χ1n) is 6.54. The number of ether oxygens (including phenoxy) is 1. The van der Waals surface area contributed by atoms with Gasteiger partial charge in [0.05, 0.1) is 17.3 Å². The van der Waals surface area contributed by atoms with E-state index in [9.17, 15) is 0 Å². The lowest BCUT2D eigenvalue weighted by molar-refractivity contribution is 0.154. The summed E-state index contributed by atoms with van der Waals surface area (Å²) in [5, 5.41) is 0.791. The van der Waals surface area contributed by atoms with Crippen LogP contribution in [0.15, 0.2) is 18.2 Å². The maximum absolute atomic E-state index is 6.33. The van der Waals surface area contributed by atoms with Gasteiger partial charge in [0, 0.05) is 19.7 Å². The van der Waals surface area contributed by atoms with Gasteiger partial charge in [-0.2, -0.15) is 0 Å². The van der Waals surface area contributed by atoms with E-state index in [0.29, 0.717) is 6.54 Å². The standard InChI is InChI=1S/C14H23ClN2O/c1-3-17(10-11-18-4-2)14-12(8-9-16)6-5-7-13(14)15/h5-7H,3-4,8-11,16H2,1-2H3. The average Bonchev–Trinajstić information content (AvgIpc) is 2.37. The van der Waals surface area contributed by atoms with Crippen LogP contribution in [0, 0.1) is 0 Å². The molecule has 0 fully saturated rings. The van der Waals surface area contributed by atoms with Crippen LogP contribution in [-0.2, 0) is 11.2 Å². The minimum atomic E-state index is 0.635. The van der Waals surface area contributed by atoms with Crippen LogP contribution >= 0.6 is 11.6 Å². The summed E-state index contributed by atoms with van der Waals surface area (Å²) in [5.41, 5.74) is 7.97. The van der Waals surface area contributed by atoms with Gasteiger partial charge in [0.2, 0.25) is 0 Å². The number of para-hydroxylation sites is 1. The molecule has 1 rings (SSSR count). The van der Waals surface area contributed by atoms with Crippen molar-refractivity contribution in [1.82, 2.24) is 0 Å². The predicted octanol–water partition coefficient (Wildman–Crippen LogP) is 2.70. The van der Waals surface area contributed by atoms with Crippen LogP contribution in [0.4, 0.5) is 5.69 Å². The van der Waals surface area contributed by atoms with Crippen LogP contribution in [-0.4, -0.2) is 32.8 Å². The van der Waals surface area contributed by atoms with E-state index in [-0.39, 0.29) is 0 Å². The molecule has 2 N–H and O–H groups in total. The molecule has 0 aromatic heterocycles. The highest BCUT2D eigenvalue weighted by molar-refractivity contribution is 6.33. The summed E-state index contributed by atoms with van der Waals surface area (Å²) in [6.45, 7) is 8.00. The Morgan fingerprint density at radius 1 is 1.33 bits per heavy atom. The van der Waals surface area contributed by atoms with E-state index in [1.807, 2.05) is 19.1 Å². The van der Waals surface area contributed by atoms with Gasteiger partial charge in [-0.3, -0.25) is 0 Å². The van der Waals surface area contributed by atoms with E-state index in [0.717, 1.165) is 43.4 Å². The fraction of sp³-hybridized carbons (Fsp3) is 0.571. The van der Waals surface area contributed by atoms with Gasteiger partial charge in [-0.25, -0.2) is 0 Å². The molecule has 18 heavy (non-hydrogen) atoms. The zero-order valence-corrected chi connectivity index (χ0v) is 12.0. The number of rotatable bonds is 8. The molecule has 0 heterocycles. The minimum Gasteiger partial charge on any atom is -0.380 e. The first-order valence-corrected chi connectivity index (χ1v) is 6.92. The number of halogens is 1. The Balaban J connectivity index is 2.88. The highest BCUT2D eigenvalue weighted by Gasteiger charge is 2.13. The zero-order chi connectivity index (χ0) is 13.4. The van der Waals surface area contributed by atoms with Crippen molar-refractivity contribution in [2.75, 3.05) is 37.7 Å². The molecule has 1 aromatic carbocycles. The lowest BCUT2D eigenvalue weighted by atomic mass is 10.1. The molecule has 1 aromatic rings. The fourth-order valence-electron chi connectivity index (χ4n) is 2.02. The third kappa shape index (κ3) is 4.16. The number of hydrogen-bond donors (Lipinski definition) is 1. The first kappa shape index (κ1) is 15.3. The largest absolute Gasteiger partial charge is 0.380 e. The van der Waals surface area contributed by atoms with E-state index in [4.69, 9.17) is 22.1 Å². The number of anilines is 1. The summed E-state index contributed by atoms with van der Waals surface area (Å²) >= 11 is 6.33.